The zero-order valence-electron chi connectivity index (χ0n) is 13.4. The number of nitrogens with zero attached hydrogens (tertiary/aromatic N) is 2. The van der Waals surface area contributed by atoms with E-state index in [1.807, 2.05) is 29.2 Å². The van der Waals surface area contributed by atoms with Crippen LogP contribution in [0.25, 0.3) is 0 Å². The Kier molecular flexibility index (Phi) is 4.19. The first kappa shape index (κ1) is 15.1. The predicted molar refractivity (Wildman–Crippen MR) is 86.9 cm³/mol. The second-order valence-corrected chi connectivity index (χ2v) is 6.67. The first-order valence-electron chi connectivity index (χ1n) is 8.27. The molecule has 22 heavy (non-hydrogen) atoms. The van der Waals surface area contributed by atoms with Crippen LogP contribution in [0.5, 0.6) is 0 Å². The highest BCUT2D eigenvalue weighted by molar-refractivity contribution is 5.97. The van der Waals surface area contributed by atoms with Crippen LogP contribution in [0.4, 0.5) is 5.69 Å². The van der Waals surface area contributed by atoms with Gasteiger partial charge in [0.05, 0.1) is 0 Å². The minimum atomic E-state index is 0.110. The molecule has 2 aliphatic heterocycles. The van der Waals surface area contributed by atoms with E-state index >= 15 is 0 Å². The lowest BCUT2D eigenvalue weighted by Gasteiger charge is -2.36. The Balaban J connectivity index is 1.72. The molecule has 2 unspecified atom stereocenters. The summed E-state index contributed by atoms with van der Waals surface area (Å²) in [6.45, 7) is 6.01. The van der Waals surface area contributed by atoms with E-state index in [4.69, 9.17) is 0 Å². The normalized spacial score (nSPS) is 25.6. The average molecular weight is 300 g/mol. The van der Waals surface area contributed by atoms with Crippen molar-refractivity contribution in [3.8, 4) is 0 Å². The Morgan fingerprint density at radius 1 is 1.14 bits per heavy atom. The van der Waals surface area contributed by atoms with E-state index in [0.29, 0.717) is 18.4 Å². The molecule has 0 saturated carbocycles. The van der Waals surface area contributed by atoms with E-state index in [0.717, 1.165) is 43.6 Å². The largest absolute Gasteiger partial charge is 0.336 e. The third-order valence-electron chi connectivity index (χ3n) is 4.90. The molecule has 0 N–H and O–H groups in total. The second kappa shape index (κ2) is 6.11. The van der Waals surface area contributed by atoms with E-state index in [1.165, 1.54) is 0 Å². The molecule has 4 nitrogen and oxygen atoms in total. The van der Waals surface area contributed by atoms with Crippen molar-refractivity contribution < 1.29 is 9.59 Å². The highest BCUT2D eigenvalue weighted by atomic mass is 16.2. The Bertz CT molecular complexity index is 567. The smallest absolute Gasteiger partial charge is 0.254 e. The van der Waals surface area contributed by atoms with Crippen LogP contribution in [0.2, 0.25) is 0 Å². The predicted octanol–water partition coefficient (Wildman–Crippen LogP) is 3.07. The number of hydrogen-bond acceptors (Lipinski definition) is 2. The maximum Gasteiger partial charge on any atom is 0.254 e. The summed E-state index contributed by atoms with van der Waals surface area (Å²) in [6.07, 6.45) is 3.70. The Morgan fingerprint density at radius 2 is 1.86 bits per heavy atom. The molecular formula is C18H24N2O2. The fourth-order valence-corrected chi connectivity index (χ4v) is 3.58. The molecule has 2 atom stereocenters. The molecule has 2 amide bonds. The molecule has 0 aromatic heterocycles. The van der Waals surface area contributed by atoms with E-state index in [1.54, 1.807) is 4.90 Å². The van der Waals surface area contributed by atoms with Gasteiger partial charge >= 0.3 is 0 Å². The maximum atomic E-state index is 12.7. The third-order valence-corrected chi connectivity index (χ3v) is 4.90. The van der Waals surface area contributed by atoms with Gasteiger partial charge in [0.15, 0.2) is 0 Å². The molecule has 0 radical (unpaired) electrons. The molecule has 2 aliphatic rings. The van der Waals surface area contributed by atoms with Gasteiger partial charge in [-0.25, -0.2) is 0 Å². The lowest BCUT2D eigenvalue weighted by atomic mass is 9.93. The number of likely N-dealkylation sites (tertiary alicyclic amines) is 1. The molecule has 1 aromatic carbocycles. The number of piperidine rings is 1. The first-order chi connectivity index (χ1) is 10.6. The zero-order chi connectivity index (χ0) is 15.7. The highest BCUT2D eigenvalue weighted by Gasteiger charge is 2.28. The Labute approximate surface area is 132 Å². The topological polar surface area (TPSA) is 40.6 Å². The van der Waals surface area contributed by atoms with Crippen LogP contribution in [0, 0.1) is 5.92 Å². The molecule has 0 bridgehead atoms. The van der Waals surface area contributed by atoms with Gasteiger partial charge in [-0.15, -0.1) is 0 Å². The van der Waals surface area contributed by atoms with Gasteiger partial charge in [0, 0.05) is 36.8 Å². The Hall–Kier alpha value is -1.84. The van der Waals surface area contributed by atoms with E-state index in [2.05, 4.69) is 13.8 Å². The minimum absolute atomic E-state index is 0.110. The van der Waals surface area contributed by atoms with Crippen molar-refractivity contribution in [2.45, 2.75) is 45.6 Å². The summed E-state index contributed by atoms with van der Waals surface area (Å²) in [5.41, 5.74) is 1.62. The molecule has 1 aromatic rings. The number of carbonyl (C=O) groups excluding carboxylic acids is 2. The average Bonchev–Trinajstić information content (AvgIpc) is 2.93. The van der Waals surface area contributed by atoms with E-state index < -0.39 is 0 Å². The van der Waals surface area contributed by atoms with Crippen molar-refractivity contribution in [2.75, 3.05) is 18.0 Å². The summed E-state index contributed by atoms with van der Waals surface area (Å²) < 4.78 is 0. The van der Waals surface area contributed by atoms with Crippen molar-refractivity contribution in [1.82, 2.24) is 4.90 Å². The van der Waals surface area contributed by atoms with Gasteiger partial charge in [-0.3, -0.25) is 9.59 Å². The van der Waals surface area contributed by atoms with Crippen molar-refractivity contribution in [3.63, 3.8) is 0 Å². The minimum Gasteiger partial charge on any atom is -0.336 e. The molecule has 2 fully saturated rings. The van der Waals surface area contributed by atoms with Gasteiger partial charge < -0.3 is 9.80 Å². The molecular weight excluding hydrogens is 276 g/mol. The van der Waals surface area contributed by atoms with Crippen LogP contribution in [0.1, 0.15) is 49.9 Å². The molecule has 3 rings (SSSR count). The summed E-state index contributed by atoms with van der Waals surface area (Å²) in [4.78, 5) is 28.2. The molecule has 2 saturated heterocycles. The number of benzene rings is 1. The van der Waals surface area contributed by atoms with Gasteiger partial charge in [0.2, 0.25) is 5.91 Å². The van der Waals surface area contributed by atoms with Gasteiger partial charge in [0.1, 0.15) is 0 Å². The molecule has 2 heterocycles. The van der Waals surface area contributed by atoms with Crippen molar-refractivity contribution in [2.24, 2.45) is 5.92 Å². The van der Waals surface area contributed by atoms with Gasteiger partial charge in [-0.05, 0) is 56.4 Å². The molecule has 118 valence electrons. The van der Waals surface area contributed by atoms with Crippen LogP contribution in [0.3, 0.4) is 0 Å². The lowest BCUT2D eigenvalue weighted by molar-refractivity contribution is -0.117. The summed E-state index contributed by atoms with van der Waals surface area (Å²) >= 11 is 0. The van der Waals surface area contributed by atoms with Crippen LogP contribution >= 0.6 is 0 Å². The van der Waals surface area contributed by atoms with Crippen molar-refractivity contribution >= 4 is 17.5 Å². The highest BCUT2D eigenvalue weighted by Crippen LogP contribution is 2.25. The summed E-state index contributed by atoms with van der Waals surface area (Å²) in [6, 6.07) is 7.81. The van der Waals surface area contributed by atoms with Gasteiger partial charge in [0.25, 0.3) is 5.91 Å². The molecule has 0 aliphatic carbocycles. The number of amides is 2. The van der Waals surface area contributed by atoms with E-state index in [-0.39, 0.29) is 11.8 Å². The van der Waals surface area contributed by atoms with Crippen molar-refractivity contribution in [3.05, 3.63) is 29.8 Å². The summed E-state index contributed by atoms with van der Waals surface area (Å²) in [7, 11) is 0. The standard InChI is InChI=1S/C18H24N2O2/c1-13-9-11-19(14(2)12-13)18(22)15-5-7-16(8-6-15)20-10-3-4-17(20)21/h5-8,13-14H,3-4,9-12H2,1-2H3. The quantitative estimate of drug-likeness (QED) is 0.842. The molecule has 0 spiro atoms. The Morgan fingerprint density at radius 3 is 2.45 bits per heavy atom. The summed E-state index contributed by atoms with van der Waals surface area (Å²) in [5.74, 6) is 0.985. The number of carbonyl (C=O) groups is 2. The van der Waals surface area contributed by atoms with E-state index in [9.17, 15) is 9.59 Å². The maximum absolute atomic E-state index is 12.7. The number of anilines is 1. The van der Waals surface area contributed by atoms with Gasteiger partial charge in [-0.1, -0.05) is 6.92 Å². The number of rotatable bonds is 2. The van der Waals surface area contributed by atoms with Crippen LogP contribution < -0.4 is 4.90 Å². The van der Waals surface area contributed by atoms with Crippen LogP contribution in [-0.4, -0.2) is 35.8 Å². The lowest BCUT2D eigenvalue weighted by Crippen LogP contribution is -2.44. The SMILES string of the molecule is CC1CCN(C(=O)c2ccc(N3CCCC3=O)cc2)C(C)C1. The molecule has 4 heteroatoms. The number of hydrogen-bond donors (Lipinski definition) is 0. The monoisotopic (exact) mass is 300 g/mol. The van der Waals surface area contributed by atoms with Crippen molar-refractivity contribution in [1.29, 1.82) is 0 Å². The van der Waals surface area contributed by atoms with Crippen LogP contribution in [-0.2, 0) is 4.79 Å². The summed E-state index contributed by atoms with van der Waals surface area (Å²) in [5, 5.41) is 0. The zero-order valence-corrected chi connectivity index (χ0v) is 13.4. The first-order valence-corrected chi connectivity index (χ1v) is 8.27. The van der Waals surface area contributed by atoms with Gasteiger partial charge in [-0.2, -0.15) is 0 Å². The fraction of sp³-hybridized carbons (Fsp3) is 0.556. The third kappa shape index (κ3) is 2.87. The second-order valence-electron chi connectivity index (χ2n) is 6.67. The fourth-order valence-electron chi connectivity index (χ4n) is 3.58. The van der Waals surface area contributed by atoms with Crippen LogP contribution in [0.15, 0.2) is 24.3 Å².